The van der Waals surface area contributed by atoms with Gasteiger partial charge in [0.15, 0.2) is 11.6 Å². The molecule has 2 aliphatic heterocycles. The van der Waals surface area contributed by atoms with Gasteiger partial charge in [0.25, 0.3) is 5.91 Å². The minimum absolute atomic E-state index is 0.0236. The average molecular weight is 568 g/mol. The van der Waals surface area contributed by atoms with Gasteiger partial charge in [-0.05, 0) is 48.5 Å². The summed E-state index contributed by atoms with van der Waals surface area (Å²) in [6.45, 7) is 4.65. The molecule has 0 radical (unpaired) electrons. The number of thiophene rings is 1. The Morgan fingerprint density at radius 1 is 1.18 bits per heavy atom. The number of nitrogens with zero attached hydrogens (tertiary/aromatic N) is 3. The van der Waals surface area contributed by atoms with Crippen molar-refractivity contribution >= 4 is 44.1 Å². The van der Waals surface area contributed by atoms with Gasteiger partial charge in [-0.25, -0.2) is 13.2 Å². The van der Waals surface area contributed by atoms with Gasteiger partial charge in [0, 0.05) is 47.1 Å². The van der Waals surface area contributed by atoms with Crippen molar-refractivity contribution in [3.8, 4) is 17.1 Å². The number of fused-ring (bicyclic) bond motifs is 3. The lowest BCUT2D eigenvalue weighted by molar-refractivity contribution is -0.118. The van der Waals surface area contributed by atoms with Crippen molar-refractivity contribution < 1.29 is 22.7 Å². The summed E-state index contributed by atoms with van der Waals surface area (Å²) in [6, 6.07) is 11.1. The van der Waals surface area contributed by atoms with Gasteiger partial charge >= 0.3 is 6.01 Å². The van der Waals surface area contributed by atoms with Crippen LogP contribution in [0.1, 0.15) is 19.3 Å². The number of nitrogens with one attached hydrogen (secondary N) is 2. The van der Waals surface area contributed by atoms with Crippen LogP contribution in [0.2, 0.25) is 0 Å². The molecule has 7 nitrogen and oxygen atoms in total. The third-order valence-corrected chi connectivity index (χ3v) is 8.63. The molecule has 0 spiro atoms. The number of benzene rings is 2. The monoisotopic (exact) mass is 567 g/mol. The quantitative estimate of drug-likeness (QED) is 0.202. The highest BCUT2D eigenvalue weighted by Crippen LogP contribution is 2.41. The minimum atomic E-state index is -1.08. The Bertz CT molecular complexity index is 1610. The van der Waals surface area contributed by atoms with E-state index in [0.717, 1.165) is 35.0 Å². The van der Waals surface area contributed by atoms with E-state index in [9.17, 15) is 13.6 Å². The number of aromatic nitrogens is 2. The zero-order valence-electron chi connectivity index (χ0n) is 21.7. The highest BCUT2D eigenvalue weighted by molar-refractivity contribution is 7.17. The molecule has 40 heavy (non-hydrogen) atoms. The molecule has 1 unspecified atom stereocenters. The number of halogens is 3. The van der Waals surface area contributed by atoms with Gasteiger partial charge in [-0.15, -0.1) is 11.3 Å². The molecular formula is C29H28F3N5O2S. The van der Waals surface area contributed by atoms with E-state index in [1.165, 1.54) is 0 Å². The van der Waals surface area contributed by atoms with E-state index < -0.39 is 29.3 Å². The zero-order valence-corrected chi connectivity index (χ0v) is 22.5. The van der Waals surface area contributed by atoms with Crippen LogP contribution >= 0.6 is 11.3 Å². The molecule has 1 amide bonds. The van der Waals surface area contributed by atoms with Crippen LogP contribution in [-0.2, 0) is 4.79 Å². The molecule has 0 saturated carbocycles. The second-order valence-corrected chi connectivity index (χ2v) is 11.2. The number of ether oxygens (including phenoxy) is 1. The fraction of sp³-hybridized carbons (Fsp3) is 0.345. The number of rotatable bonds is 9. The predicted molar refractivity (Wildman–Crippen MR) is 151 cm³/mol. The van der Waals surface area contributed by atoms with Crippen LogP contribution in [0.25, 0.3) is 32.1 Å². The highest BCUT2D eigenvalue weighted by Gasteiger charge is 2.49. The zero-order chi connectivity index (χ0) is 27.9. The Morgan fingerprint density at radius 3 is 2.90 bits per heavy atom. The second-order valence-electron chi connectivity index (χ2n) is 10.3. The number of hydrogen-bond donors (Lipinski definition) is 2. The van der Waals surface area contributed by atoms with Crippen molar-refractivity contribution in [1.82, 2.24) is 20.2 Å². The summed E-state index contributed by atoms with van der Waals surface area (Å²) in [5.74, 6) is -2.19. The summed E-state index contributed by atoms with van der Waals surface area (Å²) in [5, 5.41) is 8.82. The van der Waals surface area contributed by atoms with Crippen molar-refractivity contribution in [2.45, 2.75) is 31.0 Å². The fourth-order valence-corrected chi connectivity index (χ4v) is 6.69. The Hall–Kier alpha value is -3.70. The first kappa shape index (κ1) is 26.5. The topological polar surface area (TPSA) is 79.4 Å². The van der Waals surface area contributed by atoms with Crippen LogP contribution in [0.4, 0.5) is 19.0 Å². The van der Waals surface area contributed by atoms with Gasteiger partial charge in [-0.3, -0.25) is 9.69 Å². The lowest BCUT2D eigenvalue weighted by Gasteiger charge is -2.30. The van der Waals surface area contributed by atoms with Gasteiger partial charge in [0.05, 0.1) is 5.54 Å². The van der Waals surface area contributed by atoms with Crippen LogP contribution in [-0.4, -0.2) is 65.3 Å². The van der Waals surface area contributed by atoms with E-state index in [-0.39, 0.29) is 31.2 Å². The average Bonchev–Trinajstić information content (AvgIpc) is 3.64. The van der Waals surface area contributed by atoms with Crippen molar-refractivity contribution in [1.29, 1.82) is 0 Å². The molecule has 2 atom stereocenters. The van der Waals surface area contributed by atoms with Crippen LogP contribution in [0.5, 0.6) is 6.01 Å². The number of carbonyl (C=O) groups is 1. The van der Waals surface area contributed by atoms with Gasteiger partial charge in [-0.1, -0.05) is 24.8 Å². The second kappa shape index (κ2) is 10.7. The lowest BCUT2D eigenvalue weighted by atomic mass is 9.95. The molecule has 11 heteroatoms. The maximum Gasteiger partial charge on any atom is 0.319 e. The van der Waals surface area contributed by atoms with E-state index in [1.54, 1.807) is 23.5 Å². The predicted octanol–water partition coefficient (Wildman–Crippen LogP) is 5.62. The number of amides is 1. The fourth-order valence-electron chi connectivity index (χ4n) is 5.88. The highest BCUT2D eigenvalue weighted by atomic mass is 32.1. The molecule has 6 rings (SSSR count). The van der Waals surface area contributed by atoms with E-state index in [2.05, 4.69) is 32.1 Å². The Morgan fingerprint density at radius 2 is 2.05 bits per heavy atom. The van der Waals surface area contributed by atoms with Gasteiger partial charge in [0.2, 0.25) is 0 Å². The van der Waals surface area contributed by atoms with Crippen molar-refractivity contribution in [3.05, 3.63) is 60.0 Å². The van der Waals surface area contributed by atoms with E-state index in [4.69, 9.17) is 4.74 Å². The molecule has 2 N–H and O–H groups in total. The molecule has 2 aliphatic rings. The Kier molecular flexibility index (Phi) is 7.09. The molecule has 2 saturated heterocycles. The van der Waals surface area contributed by atoms with Crippen LogP contribution < -0.4 is 15.4 Å². The Balaban J connectivity index is 1.35. The van der Waals surface area contributed by atoms with Gasteiger partial charge < -0.3 is 15.4 Å². The summed E-state index contributed by atoms with van der Waals surface area (Å²) in [6.07, 6.45) is 1.25. The SMILES string of the molecule is C=C(F)C(=O)NCCNc1nc(OCC23CCCN2C[C@H](F)C3)nc2c(F)c(-c3cccc4sccc34)ccc12. The number of alkyl halides is 1. The van der Waals surface area contributed by atoms with Gasteiger partial charge in [-0.2, -0.15) is 9.97 Å². The van der Waals surface area contributed by atoms with Crippen LogP contribution in [0.3, 0.4) is 0 Å². The molecule has 208 valence electrons. The summed E-state index contributed by atoms with van der Waals surface area (Å²) in [4.78, 5) is 22.6. The molecule has 4 aromatic rings. The molecule has 0 bridgehead atoms. The number of carbonyl (C=O) groups excluding carboxylic acids is 1. The Labute approximate surface area is 233 Å². The van der Waals surface area contributed by atoms with Crippen molar-refractivity contribution in [2.75, 3.05) is 38.1 Å². The first-order chi connectivity index (χ1) is 19.3. The van der Waals surface area contributed by atoms with Crippen molar-refractivity contribution in [2.24, 2.45) is 0 Å². The van der Waals surface area contributed by atoms with E-state index in [1.807, 2.05) is 29.6 Å². The molecule has 0 aliphatic carbocycles. The lowest BCUT2D eigenvalue weighted by Crippen LogP contribution is -2.43. The minimum Gasteiger partial charge on any atom is -0.461 e. The third-order valence-electron chi connectivity index (χ3n) is 7.75. The summed E-state index contributed by atoms with van der Waals surface area (Å²) in [7, 11) is 0. The smallest absolute Gasteiger partial charge is 0.319 e. The normalized spacial score (nSPS) is 20.6. The molecule has 4 heterocycles. The molecule has 2 aromatic carbocycles. The van der Waals surface area contributed by atoms with E-state index in [0.29, 0.717) is 29.7 Å². The number of anilines is 1. The maximum absolute atomic E-state index is 16.2. The largest absolute Gasteiger partial charge is 0.461 e. The summed E-state index contributed by atoms with van der Waals surface area (Å²) < 4.78 is 50.6. The standard InChI is InChI=1S/C29H28F3N5O2S/c1-17(30)27(38)34-11-10-33-26-22-7-6-21(19-4-2-5-23-20(19)8-13-40-23)24(32)25(22)35-28(36-26)39-16-29-9-3-12-37(29)15-18(31)14-29/h2,4-8,13,18H,1,3,9-12,14-16H2,(H,34,38)(H,33,35,36)/t18-,29?/m1/s1. The van der Waals surface area contributed by atoms with Crippen LogP contribution in [0, 0.1) is 5.82 Å². The van der Waals surface area contributed by atoms with Crippen LogP contribution in [0.15, 0.2) is 54.2 Å². The molecular weight excluding hydrogens is 539 g/mol. The maximum atomic E-state index is 16.2. The summed E-state index contributed by atoms with van der Waals surface area (Å²) >= 11 is 1.58. The first-order valence-corrected chi connectivity index (χ1v) is 14.1. The van der Waals surface area contributed by atoms with Crippen molar-refractivity contribution in [3.63, 3.8) is 0 Å². The number of hydrogen-bond acceptors (Lipinski definition) is 7. The third kappa shape index (κ3) is 4.88. The summed E-state index contributed by atoms with van der Waals surface area (Å²) in [5.41, 5.74) is 0.814. The first-order valence-electron chi connectivity index (χ1n) is 13.2. The molecule has 2 aromatic heterocycles. The van der Waals surface area contributed by atoms with Gasteiger partial charge in [0.1, 0.15) is 24.1 Å². The van der Waals surface area contributed by atoms with E-state index >= 15 is 4.39 Å². The molecule has 2 fully saturated rings.